The lowest BCUT2D eigenvalue weighted by molar-refractivity contribution is 0.188. The number of benzene rings is 2. The average Bonchev–Trinajstić information content (AvgIpc) is 2.47. The number of hydrogen-bond donors (Lipinski definition) is 2. The number of nitrogens with zero attached hydrogens (tertiary/aromatic N) is 1. The summed E-state index contributed by atoms with van der Waals surface area (Å²) in [4.78, 5) is 2.11. The van der Waals surface area contributed by atoms with Crippen LogP contribution in [-0.2, 0) is 6.42 Å². The molecule has 0 spiro atoms. The Labute approximate surface area is 130 Å². The van der Waals surface area contributed by atoms with E-state index in [0.717, 1.165) is 18.7 Å². The molecule has 1 aliphatic rings. The molecule has 0 aliphatic carbocycles. The van der Waals surface area contributed by atoms with Crippen molar-refractivity contribution >= 4 is 5.69 Å². The van der Waals surface area contributed by atoms with Crippen molar-refractivity contribution in [3.8, 4) is 11.5 Å². The third-order valence-electron chi connectivity index (χ3n) is 3.92. The van der Waals surface area contributed by atoms with Gasteiger partial charge in [-0.05, 0) is 24.6 Å². The molecule has 1 aliphatic heterocycles. The van der Waals surface area contributed by atoms with E-state index in [4.69, 9.17) is 4.74 Å². The van der Waals surface area contributed by atoms with Gasteiger partial charge in [0.05, 0.1) is 18.8 Å². The van der Waals surface area contributed by atoms with E-state index in [9.17, 15) is 10.2 Å². The van der Waals surface area contributed by atoms with Gasteiger partial charge < -0.3 is 19.8 Å². The van der Waals surface area contributed by atoms with E-state index in [0.29, 0.717) is 12.3 Å². The van der Waals surface area contributed by atoms with Crippen LogP contribution in [0.1, 0.15) is 11.1 Å². The van der Waals surface area contributed by atoms with Gasteiger partial charge >= 0.3 is 0 Å². The molecular weight excluding hydrogens is 278 g/mol. The van der Waals surface area contributed by atoms with Crippen molar-refractivity contribution in [3.05, 3.63) is 53.6 Å². The van der Waals surface area contributed by atoms with E-state index in [1.54, 1.807) is 12.1 Å². The number of aromatic hydroxyl groups is 1. The minimum atomic E-state index is 0.00245. The van der Waals surface area contributed by atoms with Crippen LogP contribution in [0.4, 0.5) is 5.69 Å². The van der Waals surface area contributed by atoms with Crippen molar-refractivity contribution in [2.45, 2.75) is 19.4 Å². The third-order valence-corrected chi connectivity index (χ3v) is 3.92. The molecule has 0 aromatic heterocycles. The molecule has 4 heteroatoms. The number of phenols is 1. The van der Waals surface area contributed by atoms with E-state index < -0.39 is 0 Å². The number of aliphatic hydroxyl groups excluding tert-OH is 1. The molecule has 0 saturated carbocycles. The standard InChI is InChI=1S/C18H21NO3/c1-13-3-2-4-14(9-13)10-16-12-19(7-8-20)17-6-5-15(21)11-18(17)22-16/h2-6,9,11,16,20-21H,7-8,10,12H2,1H3. The monoisotopic (exact) mass is 299 g/mol. The number of aryl methyl sites for hydroxylation is 1. The largest absolute Gasteiger partial charge is 0.508 e. The quantitative estimate of drug-likeness (QED) is 0.911. The minimum Gasteiger partial charge on any atom is -0.508 e. The Morgan fingerprint density at radius 1 is 1.23 bits per heavy atom. The van der Waals surface area contributed by atoms with Gasteiger partial charge in [0.1, 0.15) is 17.6 Å². The van der Waals surface area contributed by atoms with Gasteiger partial charge in [-0.15, -0.1) is 0 Å². The van der Waals surface area contributed by atoms with Crippen molar-refractivity contribution in [2.75, 3.05) is 24.6 Å². The Balaban J connectivity index is 1.83. The number of β-amino-alcohol motifs (C(OH)–C–C–N with tert-alkyl or cyclic N) is 1. The number of fused-ring (bicyclic) bond motifs is 1. The van der Waals surface area contributed by atoms with Gasteiger partial charge in [-0.2, -0.15) is 0 Å². The Kier molecular flexibility index (Phi) is 4.20. The van der Waals surface area contributed by atoms with Crippen LogP contribution >= 0.6 is 0 Å². The van der Waals surface area contributed by atoms with Crippen molar-refractivity contribution < 1.29 is 14.9 Å². The maximum absolute atomic E-state index is 9.67. The van der Waals surface area contributed by atoms with Gasteiger partial charge in [0.15, 0.2) is 0 Å². The normalized spacial score (nSPS) is 17.0. The second-order valence-corrected chi connectivity index (χ2v) is 5.75. The first kappa shape index (κ1) is 14.7. The fourth-order valence-electron chi connectivity index (χ4n) is 2.96. The average molecular weight is 299 g/mol. The third kappa shape index (κ3) is 3.17. The first-order chi connectivity index (χ1) is 10.7. The second kappa shape index (κ2) is 6.28. The van der Waals surface area contributed by atoms with Crippen LogP contribution in [0, 0.1) is 6.92 Å². The molecular formula is C18H21NO3. The molecule has 4 nitrogen and oxygen atoms in total. The van der Waals surface area contributed by atoms with Crippen molar-refractivity contribution in [3.63, 3.8) is 0 Å². The summed E-state index contributed by atoms with van der Waals surface area (Å²) in [5.74, 6) is 0.872. The molecule has 2 aromatic carbocycles. The number of ether oxygens (including phenoxy) is 1. The smallest absolute Gasteiger partial charge is 0.146 e. The predicted octanol–water partition coefficient (Wildman–Crippen LogP) is 2.50. The number of anilines is 1. The maximum atomic E-state index is 9.67. The van der Waals surface area contributed by atoms with Crippen LogP contribution in [0.25, 0.3) is 0 Å². The number of aliphatic hydroxyl groups is 1. The zero-order valence-corrected chi connectivity index (χ0v) is 12.7. The zero-order valence-electron chi connectivity index (χ0n) is 12.7. The SMILES string of the molecule is Cc1cccc(CC2CN(CCO)c3ccc(O)cc3O2)c1. The van der Waals surface area contributed by atoms with Crippen molar-refractivity contribution in [1.29, 1.82) is 0 Å². The van der Waals surface area contributed by atoms with Crippen LogP contribution in [0.2, 0.25) is 0 Å². The number of rotatable bonds is 4. The highest BCUT2D eigenvalue weighted by Gasteiger charge is 2.26. The molecule has 0 fully saturated rings. The Morgan fingerprint density at radius 3 is 2.86 bits per heavy atom. The van der Waals surface area contributed by atoms with Gasteiger partial charge in [0.25, 0.3) is 0 Å². The summed E-state index contributed by atoms with van der Waals surface area (Å²) >= 11 is 0. The minimum absolute atomic E-state index is 0.00245. The van der Waals surface area contributed by atoms with Gasteiger partial charge in [-0.3, -0.25) is 0 Å². The molecule has 0 amide bonds. The molecule has 0 saturated heterocycles. The Bertz CT molecular complexity index is 657. The van der Waals surface area contributed by atoms with Crippen molar-refractivity contribution in [2.24, 2.45) is 0 Å². The molecule has 1 atom stereocenters. The Morgan fingerprint density at radius 2 is 2.09 bits per heavy atom. The first-order valence-corrected chi connectivity index (χ1v) is 7.57. The van der Waals surface area contributed by atoms with Gasteiger partial charge in [0.2, 0.25) is 0 Å². The van der Waals surface area contributed by atoms with Gasteiger partial charge in [-0.25, -0.2) is 0 Å². The lowest BCUT2D eigenvalue weighted by atomic mass is 10.0. The zero-order chi connectivity index (χ0) is 15.5. The lowest BCUT2D eigenvalue weighted by Gasteiger charge is -2.36. The van der Waals surface area contributed by atoms with Crippen molar-refractivity contribution in [1.82, 2.24) is 0 Å². The summed E-state index contributed by atoms with van der Waals surface area (Å²) in [5, 5.41) is 18.9. The predicted molar refractivity (Wildman–Crippen MR) is 86.7 cm³/mol. The summed E-state index contributed by atoms with van der Waals surface area (Å²) in [5.41, 5.74) is 3.39. The van der Waals surface area contributed by atoms with E-state index in [2.05, 4.69) is 36.1 Å². The summed E-state index contributed by atoms with van der Waals surface area (Å²) in [6.45, 7) is 3.46. The van der Waals surface area contributed by atoms with E-state index in [1.165, 1.54) is 11.1 Å². The number of phenolic OH excluding ortho intramolecular Hbond substituents is 1. The molecule has 22 heavy (non-hydrogen) atoms. The van der Waals surface area contributed by atoms with Crippen LogP contribution < -0.4 is 9.64 Å². The Hall–Kier alpha value is -2.20. The lowest BCUT2D eigenvalue weighted by Crippen LogP contribution is -2.42. The molecule has 2 N–H and O–H groups in total. The highest BCUT2D eigenvalue weighted by molar-refractivity contribution is 5.62. The highest BCUT2D eigenvalue weighted by atomic mass is 16.5. The molecule has 3 rings (SSSR count). The van der Waals surface area contributed by atoms with Crippen LogP contribution in [0.15, 0.2) is 42.5 Å². The van der Waals surface area contributed by atoms with E-state index in [-0.39, 0.29) is 18.5 Å². The van der Waals surface area contributed by atoms with E-state index >= 15 is 0 Å². The summed E-state index contributed by atoms with van der Waals surface area (Å²) < 4.78 is 6.05. The molecule has 1 unspecified atom stereocenters. The fraction of sp³-hybridized carbons (Fsp3) is 0.333. The molecule has 116 valence electrons. The second-order valence-electron chi connectivity index (χ2n) is 5.75. The molecule has 2 aromatic rings. The molecule has 0 radical (unpaired) electrons. The summed E-state index contributed by atoms with van der Waals surface area (Å²) in [6, 6.07) is 13.5. The molecule has 0 bridgehead atoms. The van der Waals surface area contributed by atoms with Gasteiger partial charge in [0, 0.05) is 19.0 Å². The summed E-state index contributed by atoms with van der Waals surface area (Å²) in [6.07, 6.45) is 0.807. The van der Waals surface area contributed by atoms with Crippen LogP contribution in [-0.4, -0.2) is 36.0 Å². The van der Waals surface area contributed by atoms with Crippen LogP contribution in [0.3, 0.4) is 0 Å². The summed E-state index contributed by atoms with van der Waals surface area (Å²) in [7, 11) is 0. The molecule has 1 heterocycles. The topological polar surface area (TPSA) is 52.9 Å². The van der Waals surface area contributed by atoms with Gasteiger partial charge in [-0.1, -0.05) is 29.8 Å². The number of hydrogen-bond acceptors (Lipinski definition) is 4. The first-order valence-electron chi connectivity index (χ1n) is 7.57. The fourth-order valence-corrected chi connectivity index (χ4v) is 2.96. The van der Waals surface area contributed by atoms with Crippen LogP contribution in [0.5, 0.6) is 11.5 Å². The highest BCUT2D eigenvalue weighted by Crippen LogP contribution is 2.36. The van der Waals surface area contributed by atoms with E-state index in [1.807, 2.05) is 6.07 Å². The maximum Gasteiger partial charge on any atom is 0.146 e.